The Bertz CT molecular complexity index is 721. The van der Waals surface area contributed by atoms with Crippen LogP contribution in [0.2, 0.25) is 0 Å². The molecule has 0 unspecified atom stereocenters. The topological polar surface area (TPSA) is 41.6 Å². The van der Waals surface area contributed by atoms with Crippen LogP contribution in [0.4, 0.5) is 11.4 Å². The molecule has 1 saturated heterocycles. The van der Waals surface area contributed by atoms with Crippen LogP contribution in [-0.4, -0.2) is 25.6 Å². The zero-order valence-electron chi connectivity index (χ0n) is 14.3. The number of hydrogen-bond donors (Lipinski definition) is 1. The van der Waals surface area contributed by atoms with Crippen molar-refractivity contribution in [2.45, 2.75) is 26.7 Å². The van der Waals surface area contributed by atoms with Crippen LogP contribution in [0.1, 0.15) is 35.7 Å². The lowest BCUT2D eigenvalue weighted by atomic mass is 10.1. The van der Waals surface area contributed by atoms with Gasteiger partial charge in [-0.05, 0) is 62.6 Å². The van der Waals surface area contributed by atoms with Crippen molar-refractivity contribution in [1.29, 1.82) is 0 Å². The summed E-state index contributed by atoms with van der Waals surface area (Å²) in [6, 6.07) is 13.4. The van der Waals surface area contributed by atoms with Gasteiger partial charge in [-0.1, -0.05) is 12.1 Å². The van der Waals surface area contributed by atoms with E-state index in [-0.39, 0.29) is 5.91 Å². The van der Waals surface area contributed by atoms with Crippen molar-refractivity contribution in [2.75, 3.05) is 29.9 Å². The summed E-state index contributed by atoms with van der Waals surface area (Å²) >= 11 is 0. The van der Waals surface area contributed by atoms with Gasteiger partial charge in [-0.15, -0.1) is 0 Å². The third kappa shape index (κ3) is 3.53. The van der Waals surface area contributed by atoms with Crippen LogP contribution in [-0.2, 0) is 0 Å². The molecule has 0 saturated carbocycles. The Kier molecular flexibility index (Phi) is 5.04. The number of rotatable bonds is 5. The quantitative estimate of drug-likeness (QED) is 0.894. The zero-order valence-corrected chi connectivity index (χ0v) is 14.3. The number of nitrogens with zero attached hydrogens (tertiary/aromatic N) is 1. The Morgan fingerprint density at radius 3 is 2.62 bits per heavy atom. The number of para-hydroxylation sites is 1. The number of carbonyl (C=O) groups excluding carboxylic acids is 1. The van der Waals surface area contributed by atoms with Crippen molar-refractivity contribution in [3.63, 3.8) is 0 Å². The van der Waals surface area contributed by atoms with Crippen molar-refractivity contribution >= 4 is 17.3 Å². The van der Waals surface area contributed by atoms with Crippen LogP contribution in [0.15, 0.2) is 42.5 Å². The van der Waals surface area contributed by atoms with Crippen molar-refractivity contribution < 1.29 is 9.53 Å². The van der Waals surface area contributed by atoms with Crippen molar-refractivity contribution in [2.24, 2.45) is 0 Å². The summed E-state index contributed by atoms with van der Waals surface area (Å²) in [5.41, 5.74) is 3.82. The molecule has 0 bridgehead atoms. The molecular formula is C20H24N2O2. The molecule has 1 fully saturated rings. The summed E-state index contributed by atoms with van der Waals surface area (Å²) < 4.78 is 5.54. The minimum Gasteiger partial charge on any atom is -0.493 e. The van der Waals surface area contributed by atoms with E-state index in [2.05, 4.69) is 23.2 Å². The monoisotopic (exact) mass is 324 g/mol. The fourth-order valence-electron chi connectivity index (χ4n) is 3.18. The molecule has 2 aromatic carbocycles. The number of ether oxygens (including phenoxy) is 1. The highest BCUT2D eigenvalue weighted by atomic mass is 16.5. The molecule has 1 heterocycles. The third-order valence-corrected chi connectivity index (χ3v) is 4.33. The summed E-state index contributed by atoms with van der Waals surface area (Å²) in [5, 5.41) is 2.98. The predicted octanol–water partition coefficient (Wildman–Crippen LogP) is 4.25. The Labute approximate surface area is 143 Å². The smallest absolute Gasteiger partial charge is 0.259 e. The first kappa shape index (κ1) is 16.4. The van der Waals surface area contributed by atoms with Gasteiger partial charge in [-0.25, -0.2) is 0 Å². The second-order valence-corrected chi connectivity index (χ2v) is 6.08. The molecule has 0 radical (unpaired) electrons. The molecule has 0 spiro atoms. The molecule has 1 aliphatic heterocycles. The molecule has 1 amide bonds. The van der Waals surface area contributed by atoms with Crippen LogP contribution in [0.25, 0.3) is 0 Å². The van der Waals surface area contributed by atoms with Gasteiger partial charge < -0.3 is 15.0 Å². The lowest BCUT2D eigenvalue weighted by Gasteiger charge is -2.20. The summed E-state index contributed by atoms with van der Waals surface area (Å²) in [5.74, 6) is 0.468. The third-order valence-electron chi connectivity index (χ3n) is 4.33. The maximum absolute atomic E-state index is 12.6. The second-order valence-electron chi connectivity index (χ2n) is 6.08. The Balaban J connectivity index is 1.76. The van der Waals surface area contributed by atoms with E-state index in [1.165, 1.54) is 24.1 Å². The molecule has 3 rings (SSSR count). The highest BCUT2D eigenvalue weighted by Gasteiger charge is 2.16. The van der Waals surface area contributed by atoms with E-state index in [4.69, 9.17) is 4.74 Å². The lowest BCUT2D eigenvalue weighted by Crippen LogP contribution is -2.19. The summed E-state index contributed by atoms with van der Waals surface area (Å²) in [6.07, 6.45) is 2.51. The fourth-order valence-corrected chi connectivity index (χ4v) is 3.18. The first-order valence-corrected chi connectivity index (χ1v) is 8.58. The highest BCUT2D eigenvalue weighted by Crippen LogP contribution is 2.27. The van der Waals surface area contributed by atoms with Crippen molar-refractivity contribution in [3.05, 3.63) is 53.6 Å². The zero-order chi connectivity index (χ0) is 16.9. The van der Waals surface area contributed by atoms with E-state index in [1.807, 2.05) is 37.3 Å². The van der Waals surface area contributed by atoms with E-state index >= 15 is 0 Å². The van der Waals surface area contributed by atoms with Crippen LogP contribution in [0, 0.1) is 6.92 Å². The first-order valence-electron chi connectivity index (χ1n) is 8.58. The number of aryl methyl sites for hydroxylation is 1. The Morgan fingerprint density at radius 2 is 1.92 bits per heavy atom. The molecule has 0 atom stereocenters. The average molecular weight is 324 g/mol. The number of nitrogens with one attached hydrogen (secondary N) is 1. The van der Waals surface area contributed by atoms with Crippen LogP contribution in [0.3, 0.4) is 0 Å². The summed E-state index contributed by atoms with van der Waals surface area (Å²) in [4.78, 5) is 15.0. The largest absolute Gasteiger partial charge is 0.493 e. The predicted molar refractivity (Wildman–Crippen MR) is 98.2 cm³/mol. The Hall–Kier alpha value is -2.49. The molecule has 2 aromatic rings. The fraction of sp³-hybridized carbons (Fsp3) is 0.350. The second kappa shape index (κ2) is 7.39. The lowest BCUT2D eigenvalue weighted by molar-refractivity contribution is 0.102. The van der Waals surface area contributed by atoms with E-state index in [0.717, 1.165) is 18.8 Å². The molecule has 1 aliphatic rings. The highest BCUT2D eigenvalue weighted by molar-refractivity contribution is 6.06. The number of anilines is 2. The average Bonchev–Trinajstić information content (AvgIpc) is 3.10. The number of hydrogen-bond acceptors (Lipinski definition) is 3. The van der Waals surface area contributed by atoms with Crippen LogP contribution >= 0.6 is 0 Å². The first-order chi connectivity index (χ1) is 11.7. The minimum absolute atomic E-state index is 0.146. The molecule has 126 valence electrons. The maximum atomic E-state index is 12.6. The van der Waals surface area contributed by atoms with Gasteiger partial charge >= 0.3 is 0 Å². The summed E-state index contributed by atoms with van der Waals surface area (Å²) in [7, 11) is 0. The van der Waals surface area contributed by atoms with E-state index < -0.39 is 0 Å². The normalized spacial score (nSPS) is 13.8. The van der Waals surface area contributed by atoms with Crippen molar-refractivity contribution in [3.8, 4) is 5.75 Å². The van der Waals surface area contributed by atoms with E-state index in [1.54, 1.807) is 6.07 Å². The summed E-state index contributed by atoms with van der Waals surface area (Å²) in [6.45, 7) is 6.78. The molecule has 0 aromatic heterocycles. The van der Waals surface area contributed by atoms with Crippen molar-refractivity contribution in [1.82, 2.24) is 0 Å². The van der Waals surface area contributed by atoms with Gasteiger partial charge in [-0.2, -0.15) is 0 Å². The molecule has 4 heteroatoms. The van der Waals surface area contributed by atoms with Crippen LogP contribution in [0.5, 0.6) is 5.75 Å². The molecule has 24 heavy (non-hydrogen) atoms. The van der Waals surface area contributed by atoms with Gasteiger partial charge in [0.15, 0.2) is 0 Å². The van der Waals surface area contributed by atoms with Gasteiger partial charge in [-0.3, -0.25) is 4.79 Å². The number of carbonyl (C=O) groups is 1. The minimum atomic E-state index is -0.146. The standard InChI is InChI=1S/C20H24N2O2/c1-3-24-19-9-5-4-8-17(19)20(23)21-16-10-11-18(15(2)14-16)22-12-6-7-13-22/h4-5,8-11,14H,3,6-7,12-13H2,1-2H3,(H,21,23). The van der Waals surface area contributed by atoms with Crippen LogP contribution < -0.4 is 15.0 Å². The molecule has 1 N–H and O–H groups in total. The number of benzene rings is 2. The van der Waals surface area contributed by atoms with E-state index in [0.29, 0.717) is 17.9 Å². The molecule has 4 nitrogen and oxygen atoms in total. The van der Waals surface area contributed by atoms with Gasteiger partial charge in [0.1, 0.15) is 5.75 Å². The number of amides is 1. The van der Waals surface area contributed by atoms with Gasteiger partial charge in [0.25, 0.3) is 5.91 Å². The maximum Gasteiger partial charge on any atom is 0.259 e. The van der Waals surface area contributed by atoms with Gasteiger partial charge in [0.05, 0.1) is 12.2 Å². The van der Waals surface area contributed by atoms with Gasteiger partial charge in [0.2, 0.25) is 0 Å². The SMILES string of the molecule is CCOc1ccccc1C(=O)Nc1ccc(N2CCCC2)c(C)c1. The van der Waals surface area contributed by atoms with Gasteiger partial charge in [0, 0.05) is 24.5 Å². The Morgan fingerprint density at radius 1 is 1.17 bits per heavy atom. The van der Waals surface area contributed by atoms with E-state index in [9.17, 15) is 4.79 Å². The molecular weight excluding hydrogens is 300 g/mol. The molecule has 0 aliphatic carbocycles.